The molecule has 0 spiro atoms. The van der Waals surface area contributed by atoms with Crippen molar-refractivity contribution in [2.45, 2.75) is 33.1 Å². The van der Waals surface area contributed by atoms with Crippen LogP contribution in [0.5, 0.6) is 11.5 Å². The lowest BCUT2D eigenvalue weighted by atomic mass is 9.85. The number of fused-ring (bicyclic) bond motifs is 1. The summed E-state index contributed by atoms with van der Waals surface area (Å²) in [4.78, 5) is 0. The molecule has 0 aliphatic heterocycles. The summed E-state index contributed by atoms with van der Waals surface area (Å²) < 4.78 is 5.66. The highest BCUT2D eigenvalue weighted by Crippen LogP contribution is 2.24. The molecule has 1 aliphatic rings. The van der Waals surface area contributed by atoms with Gasteiger partial charge in [-0.05, 0) is 73.1 Å². The van der Waals surface area contributed by atoms with Gasteiger partial charge in [0, 0.05) is 0 Å². The highest BCUT2D eigenvalue weighted by Gasteiger charge is 2.13. The lowest BCUT2D eigenvalue weighted by molar-refractivity contribution is 0.482. The third-order valence-corrected chi connectivity index (χ3v) is 4.56. The normalized spacial score (nSPS) is 15.5. The molecule has 1 unspecified atom stereocenters. The van der Waals surface area contributed by atoms with Crippen LogP contribution < -0.4 is 4.74 Å². The number of aryl methyl sites for hydroxylation is 2. The molecule has 128 valence electrons. The molecule has 0 saturated carbocycles. The third-order valence-electron chi connectivity index (χ3n) is 4.56. The summed E-state index contributed by atoms with van der Waals surface area (Å²) in [7, 11) is 0. The van der Waals surface area contributed by atoms with Gasteiger partial charge in [-0.2, -0.15) is 0 Å². The van der Waals surface area contributed by atoms with E-state index in [4.69, 9.17) is 4.74 Å². The molecular formula is C24H26O. The molecule has 1 heteroatoms. The Morgan fingerprint density at radius 3 is 2.20 bits per heavy atom. The molecule has 1 aliphatic carbocycles. The SMILES string of the molecule is CC1CCc2ccccc2C1.Cc1cccc(Oc2ccccc2)c1. The van der Waals surface area contributed by atoms with Crippen molar-refractivity contribution >= 4 is 0 Å². The lowest BCUT2D eigenvalue weighted by Gasteiger charge is -2.20. The van der Waals surface area contributed by atoms with Crippen LogP contribution in [0.3, 0.4) is 0 Å². The first-order valence-electron chi connectivity index (χ1n) is 9.07. The van der Waals surface area contributed by atoms with Crippen molar-refractivity contribution in [1.29, 1.82) is 0 Å². The van der Waals surface area contributed by atoms with Gasteiger partial charge in [0.05, 0.1) is 0 Å². The molecule has 3 aromatic carbocycles. The number of hydrogen-bond acceptors (Lipinski definition) is 1. The molecule has 0 heterocycles. The minimum Gasteiger partial charge on any atom is -0.457 e. The molecule has 0 saturated heterocycles. The van der Waals surface area contributed by atoms with Gasteiger partial charge in [0.1, 0.15) is 11.5 Å². The zero-order chi connectivity index (χ0) is 17.5. The second-order valence-corrected chi connectivity index (χ2v) is 6.85. The maximum Gasteiger partial charge on any atom is 0.127 e. The van der Waals surface area contributed by atoms with Crippen LogP contribution in [0, 0.1) is 12.8 Å². The number of ether oxygens (including phenoxy) is 1. The average molecular weight is 330 g/mol. The smallest absolute Gasteiger partial charge is 0.127 e. The Morgan fingerprint density at radius 2 is 1.44 bits per heavy atom. The van der Waals surface area contributed by atoms with Gasteiger partial charge in [-0.3, -0.25) is 0 Å². The maximum absolute atomic E-state index is 5.66. The van der Waals surface area contributed by atoms with Crippen LogP contribution in [0.15, 0.2) is 78.9 Å². The summed E-state index contributed by atoms with van der Waals surface area (Å²) >= 11 is 0. The van der Waals surface area contributed by atoms with Gasteiger partial charge in [0.15, 0.2) is 0 Å². The van der Waals surface area contributed by atoms with Crippen LogP contribution in [-0.2, 0) is 12.8 Å². The van der Waals surface area contributed by atoms with Crippen molar-refractivity contribution in [3.8, 4) is 11.5 Å². The van der Waals surface area contributed by atoms with E-state index in [2.05, 4.69) is 44.2 Å². The molecule has 0 amide bonds. The van der Waals surface area contributed by atoms with Gasteiger partial charge in [0.25, 0.3) is 0 Å². The van der Waals surface area contributed by atoms with Crippen LogP contribution in [-0.4, -0.2) is 0 Å². The first-order valence-corrected chi connectivity index (χ1v) is 9.07. The van der Waals surface area contributed by atoms with Gasteiger partial charge in [0.2, 0.25) is 0 Å². The fraction of sp³-hybridized carbons (Fsp3) is 0.250. The minimum atomic E-state index is 0.873. The third kappa shape index (κ3) is 5.22. The lowest BCUT2D eigenvalue weighted by Crippen LogP contribution is -2.10. The molecule has 0 fully saturated rings. The Balaban J connectivity index is 0.000000150. The van der Waals surface area contributed by atoms with Gasteiger partial charge in [-0.1, -0.05) is 61.5 Å². The van der Waals surface area contributed by atoms with E-state index < -0.39 is 0 Å². The summed E-state index contributed by atoms with van der Waals surface area (Å²) in [5.41, 5.74) is 4.36. The topological polar surface area (TPSA) is 9.23 Å². The Labute approximate surface area is 151 Å². The highest BCUT2D eigenvalue weighted by atomic mass is 16.5. The maximum atomic E-state index is 5.66. The van der Waals surface area contributed by atoms with Crippen molar-refractivity contribution in [3.63, 3.8) is 0 Å². The first kappa shape index (κ1) is 17.3. The van der Waals surface area contributed by atoms with E-state index in [0.717, 1.165) is 17.4 Å². The molecule has 3 aromatic rings. The van der Waals surface area contributed by atoms with Gasteiger partial charge >= 0.3 is 0 Å². The molecule has 0 bridgehead atoms. The van der Waals surface area contributed by atoms with Crippen LogP contribution in [0.1, 0.15) is 30.0 Å². The van der Waals surface area contributed by atoms with Crippen LogP contribution in [0.2, 0.25) is 0 Å². The number of para-hydroxylation sites is 1. The van der Waals surface area contributed by atoms with E-state index in [0.29, 0.717) is 0 Å². The van der Waals surface area contributed by atoms with Gasteiger partial charge in [-0.15, -0.1) is 0 Å². The number of benzene rings is 3. The van der Waals surface area contributed by atoms with E-state index >= 15 is 0 Å². The van der Waals surface area contributed by atoms with E-state index in [1.165, 1.54) is 24.8 Å². The Morgan fingerprint density at radius 1 is 0.760 bits per heavy atom. The van der Waals surface area contributed by atoms with E-state index in [9.17, 15) is 0 Å². The largest absolute Gasteiger partial charge is 0.457 e. The Bertz CT molecular complexity index is 792. The van der Waals surface area contributed by atoms with Crippen molar-refractivity contribution < 1.29 is 4.74 Å². The fourth-order valence-electron chi connectivity index (χ4n) is 3.18. The minimum absolute atomic E-state index is 0.873. The van der Waals surface area contributed by atoms with Crippen LogP contribution in [0.4, 0.5) is 0 Å². The Hall–Kier alpha value is -2.54. The summed E-state index contributed by atoms with van der Waals surface area (Å²) in [6.07, 6.45) is 3.95. The Kier molecular flexibility index (Phi) is 5.90. The van der Waals surface area contributed by atoms with Crippen LogP contribution >= 0.6 is 0 Å². The van der Waals surface area contributed by atoms with E-state index in [-0.39, 0.29) is 0 Å². The quantitative estimate of drug-likeness (QED) is 0.514. The summed E-state index contributed by atoms with van der Waals surface area (Å²) in [5.74, 6) is 2.65. The molecule has 1 atom stereocenters. The van der Waals surface area contributed by atoms with Crippen molar-refractivity contribution in [1.82, 2.24) is 0 Å². The number of hydrogen-bond donors (Lipinski definition) is 0. The molecule has 25 heavy (non-hydrogen) atoms. The molecule has 0 N–H and O–H groups in total. The first-order chi connectivity index (χ1) is 12.2. The zero-order valence-corrected chi connectivity index (χ0v) is 15.1. The summed E-state index contributed by atoms with van der Waals surface area (Å²) in [6, 6.07) is 26.7. The van der Waals surface area contributed by atoms with Crippen molar-refractivity contribution in [3.05, 3.63) is 95.6 Å². The second kappa shape index (κ2) is 8.53. The standard InChI is InChI=1S/C13H12O.C11H14/c1-11-6-5-9-13(10-11)14-12-7-3-2-4-8-12;1-9-6-7-10-4-2-3-5-11(10)8-9/h2-10H,1H3;2-5,9H,6-8H2,1H3. The predicted octanol–water partition coefficient (Wildman–Crippen LogP) is 6.60. The van der Waals surface area contributed by atoms with Gasteiger partial charge < -0.3 is 4.74 Å². The second-order valence-electron chi connectivity index (χ2n) is 6.85. The van der Waals surface area contributed by atoms with Crippen molar-refractivity contribution in [2.24, 2.45) is 5.92 Å². The monoisotopic (exact) mass is 330 g/mol. The molecule has 0 aromatic heterocycles. The molecule has 1 nitrogen and oxygen atoms in total. The van der Waals surface area contributed by atoms with E-state index in [1.807, 2.05) is 48.5 Å². The summed E-state index contributed by atoms with van der Waals surface area (Å²) in [5, 5.41) is 0. The van der Waals surface area contributed by atoms with E-state index in [1.54, 1.807) is 11.1 Å². The zero-order valence-electron chi connectivity index (χ0n) is 15.1. The fourth-order valence-corrected chi connectivity index (χ4v) is 3.18. The average Bonchev–Trinajstić information content (AvgIpc) is 2.63. The van der Waals surface area contributed by atoms with Crippen molar-refractivity contribution in [2.75, 3.05) is 0 Å². The number of rotatable bonds is 2. The molecule has 4 rings (SSSR count). The summed E-state index contributed by atoms with van der Waals surface area (Å²) in [6.45, 7) is 4.40. The highest BCUT2D eigenvalue weighted by molar-refractivity contribution is 5.33. The molecular weight excluding hydrogens is 304 g/mol. The van der Waals surface area contributed by atoms with Crippen LogP contribution in [0.25, 0.3) is 0 Å². The molecule has 0 radical (unpaired) electrons. The van der Waals surface area contributed by atoms with Gasteiger partial charge in [-0.25, -0.2) is 0 Å². The predicted molar refractivity (Wildman–Crippen MR) is 105 cm³/mol.